The number of hydrogen-bond acceptors (Lipinski definition) is 8. The van der Waals surface area contributed by atoms with Crippen molar-refractivity contribution in [2.45, 2.75) is 58.1 Å². The number of esters is 2. The van der Waals surface area contributed by atoms with Crippen LogP contribution in [-0.4, -0.2) is 56.7 Å². The molecule has 0 bridgehead atoms. The minimum Gasteiger partial charge on any atom is -0.508 e. The van der Waals surface area contributed by atoms with Crippen LogP contribution in [0.4, 0.5) is 39.5 Å². The zero-order valence-electron chi connectivity index (χ0n) is 21.0. The third-order valence-corrected chi connectivity index (χ3v) is 4.53. The van der Waals surface area contributed by atoms with Gasteiger partial charge in [0.1, 0.15) is 23.0 Å². The van der Waals surface area contributed by atoms with Crippen LogP contribution >= 0.6 is 0 Å². The molecule has 0 radical (unpaired) electrons. The number of benzene rings is 2. The van der Waals surface area contributed by atoms with E-state index in [0.29, 0.717) is 12.0 Å². The van der Waals surface area contributed by atoms with Crippen molar-refractivity contribution in [3.05, 3.63) is 47.0 Å². The average Bonchev–Trinajstić information content (AvgIpc) is 2.83. The highest BCUT2D eigenvalue weighted by atomic mass is 19.4. The number of ether oxygens (including phenoxy) is 1. The zero-order valence-corrected chi connectivity index (χ0v) is 21.0. The van der Waals surface area contributed by atoms with Crippen molar-refractivity contribution >= 4 is 17.7 Å². The highest BCUT2D eigenvalue weighted by Gasteiger charge is 2.49. The predicted octanol–water partition coefficient (Wildman–Crippen LogP) is 6.03. The summed E-state index contributed by atoms with van der Waals surface area (Å²) in [6, 6.07) is 6.54. The molecule has 230 valence electrons. The van der Waals surface area contributed by atoms with Crippen molar-refractivity contribution < 1.29 is 79.1 Å². The smallest absolute Gasteiger partial charge is 0.491 e. The monoisotopic (exact) mass is 610 g/mol. The van der Waals surface area contributed by atoms with Crippen LogP contribution < -0.4 is 0 Å². The van der Waals surface area contributed by atoms with Crippen molar-refractivity contribution in [1.82, 2.24) is 0 Å². The van der Waals surface area contributed by atoms with E-state index in [0.717, 1.165) is 25.0 Å². The fourth-order valence-corrected chi connectivity index (χ4v) is 2.73. The lowest BCUT2D eigenvalue weighted by Gasteiger charge is -2.11. The molecule has 2 rings (SSSR count). The van der Waals surface area contributed by atoms with Gasteiger partial charge in [0.25, 0.3) is 5.78 Å². The van der Waals surface area contributed by atoms with E-state index in [1.165, 1.54) is 0 Å². The van der Waals surface area contributed by atoms with Gasteiger partial charge in [-0.1, -0.05) is 32.8 Å². The van der Waals surface area contributed by atoms with Gasteiger partial charge in [0.05, 0.1) is 5.56 Å². The molecule has 0 aliphatic rings. The SMILES string of the molecule is CCCc1c(O)ccc(C(=O)C(F)(F)F)c1O.CCCc1c(O)cccc1O.O=C(OC(=O)C(F)(F)F)C(F)(F)F. The van der Waals surface area contributed by atoms with E-state index in [9.17, 15) is 74.3 Å². The number of phenols is 4. The Bertz CT molecular complexity index is 1160. The first-order chi connectivity index (χ1) is 18.6. The predicted molar refractivity (Wildman–Crippen MR) is 121 cm³/mol. The van der Waals surface area contributed by atoms with Crippen LogP contribution in [0.15, 0.2) is 30.3 Å². The van der Waals surface area contributed by atoms with E-state index in [1.54, 1.807) is 25.1 Å². The van der Waals surface area contributed by atoms with Gasteiger partial charge < -0.3 is 25.2 Å². The van der Waals surface area contributed by atoms with Crippen molar-refractivity contribution in [1.29, 1.82) is 0 Å². The highest BCUT2D eigenvalue weighted by Crippen LogP contribution is 2.35. The Labute approximate surface area is 225 Å². The van der Waals surface area contributed by atoms with Gasteiger partial charge in [0, 0.05) is 11.1 Å². The molecule has 2 aromatic carbocycles. The van der Waals surface area contributed by atoms with Crippen LogP contribution in [0.2, 0.25) is 0 Å². The normalized spacial score (nSPS) is 11.4. The molecule has 0 fully saturated rings. The average molecular weight is 610 g/mol. The minimum absolute atomic E-state index is 0.0393. The lowest BCUT2D eigenvalue weighted by Crippen LogP contribution is -2.34. The van der Waals surface area contributed by atoms with Gasteiger partial charge in [-0.25, -0.2) is 9.59 Å². The Hall–Kier alpha value is -4.18. The summed E-state index contributed by atoms with van der Waals surface area (Å²) < 4.78 is 106. The van der Waals surface area contributed by atoms with Gasteiger partial charge in [-0.05, 0) is 37.1 Å². The molecule has 0 aromatic heterocycles. The number of halogens is 9. The summed E-state index contributed by atoms with van der Waals surface area (Å²) in [4.78, 5) is 30.3. The number of aromatic hydroxyl groups is 4. The summed E-state index contributed by atoms with van der Waals surface area (Å²) in [6.07, 6.45) is -13.9. The standard InChI is InChI=1S/C11H11F3O3.C9H12O2.C4F6O3/c1-2-3-6-8(15)5-4-7(9(6)16)10(17)11(12,13)14;1-2-4-7-8(10)5-3-6-9(7)11;5-3(6,7)1(11)13-2(12)4(8,9)10/h4-5,15-16H,2-3H2,1H3;3,5-6,10-11H,2,4H2,1H3;. The van der Waals surface area contributed by atoms with Gasteiger partial charge in [-0.2, -0.15) is 39.5 Å². The van der Waals surface area contributed by atoms with Crippen LogP contribution in [0.5, 0.6) is 23.0 Å². The molecule has 0 saturated carbocycles. The Morgan fingerprint density at radius 1 is 0.634 bits per heavy atom. The van der Waals surface area contributed by atoms with Crippen LogP contribution in [0.3, 0.4) is 0 Å². The first kappa shape index (κ1) is 36.8. The molecule has 0 amide bonds. The van der Waals surface area contributed by atoms with Gasteiger partial charge >= 0.3 is 30.5 Å². The van der Waals surface area contributed by atoms with Crippen molar-refractivity contribution in [3.63, 3.8) is 0 Å². The van der Waals surface area contributed by atoms with Crippen LogP contribution in [0, 0.1) is 0 Å². The number of carbonyl (C=O) groups excluding carboxylic acids is 3. The molecule has 41 heavy (non-hydrogen) atoms. The summed E-state index contributed by atoms with van der Waals surface area (Å²) in [7, 11) is 0. The molecule has 17 heteroatoms. The number of carbonyl (C=O) groups is 3. The maximum Gasteiger partial charge on any atom is 0.491 e. The number of ketones is 1. The Balaban J connectivity index is 0.000000601. The van der Waals surface area contributed by atoms with E-state index >= 15 is 0 Å². The number of Topliss-reactive ketones (excluding diaryl/α,β-unsaturated/α-hetero) is 1. The molecule has 0 atom stereocenters. The quantitative estimate of drug-likeness (QED) is 0.139. The van der Waals surface area contributed by atoms with Gasteiger partial charge in [-0.15, -0.1) is 0 Å². The third kappa shape index (κ3) is 11.8. The fourth-order valence-electron chi connectivity index (χ4n) is 2.73. The maximum absolute atomic E-state index is 12.2. The second-order valence-corrected chi connectivity index (χ2v) is 7.73. The Morgan fingerprint density at radius 3 is 1.39 bits per heavy atom. The molecular weight excluding hydrogens is 587 g/mol. The minimum atomic E-state index is -5.62. The van der Waals surface area contributed by atoms with Gasteiger partial charge in [0.2, 0.25) is 0 Å². The number of phenolic OH excluding ortho intramolecular Hbond substituents is 4. The molecular formula is C24H23F9O8. The molecule has 2 aromatic rings. The first-order valence-electron chi connectivity index (χ1n) is 11.1. The highest BCUT2D eigenvalue weighted by molar-refractivity contribution is 6.03. The number of alkyl halides is 9. The Morgan fingerprint density at radius 2 is 1.02 bits per heavy atom. The summed E-state index contributed by atoms with van der Waals surface area (Å²) in [6.45, 7) is 3.74. The largest absolute Gasteiger partial charge is 0.508 e. The zero-order chi connectivity index (χ0) is 32.3. The molecule has 4 N–H and O–H groups in total. The van der Waals surface area contributed by atoms with E-state index in [-0.39, 0.29) is 29.2 Å². The number of rotatable bonds is 5. The molecule has 0 aliphatic heterocycles. The second-order valence-electron chi connectivity index (χ2n) is 7.73. The maximum atomic E-state index is 12.2. The molecule has 0 saturated heterocycles. The number of hydrogen-bond donors (Lipinski definition) is 4. The molecule has 8 nitrogen and oxygen atoms in total. The summed E-state index contributed by atoms with van der Waals surface area (Å²) >= 11 is 0. The van der Waals surface area contributed by atoms with Gasteiger partial charge in [-0.3, -0.25) is 4.79 Å². The van der Waals surface area contributed by atoms with Crippen molar-refractivity contribution in [3.8, 4) is 23.0 Å². The topological polar surface area (TPSA) is 141 Å². The van der Waals surface area contributed by atoms with Crippen LogP contribution in [0.25, 0.3) is 0 Å². The molecule has 0 spiro atoms. The van der Waals surface area contributed by atoms with Gasteiger partial charge in [0.15, 0.2) is 0 Å². The molecule has 0 aliphatic carbocycles. The first-order valence-corrected chi connectivity index (χ1v) is 11.1. The lowest BCUT2D eigenvalue weighted by atomic mass is 10.0. The van der Waals surface area contributed by atoms with E-state index < -0.39 is 47.6 Å². The summed E-state index contributed by atoms with van der Waals surface area (Å²) in [5, 5.41) is 37.5. The van der Waals surface area contributed by atoms with E-state index in [2.05, 4.69) is 4.74 Å². The van der Waals surface area contributed by atoms with Crippen molar-refractivity contribution in [2.24, 2.45) is 0 Å². The molecule has 0 heterocycles. The van der Waals surface area contributed by atoms with E-state index in [4.69, 9.17) is 0 Å². The second kappa shape index (κ2) is 15.0. The fraction of sp³-hybridized carbons (Fsp3) is 0.375. The van der Waals surface area contributed by atoms with Crippen LogP contribution in [0.1, 0.15) is 48.2 Å². The molecule has 0 unspecified atom stereocenters. The summed E-state index contributed by atoms with van der Waals surface area (Å²) in [5.74, 6) is -9.26. The third-order valence-electron chi connectivity index (χ3n) is 4.53. The lowest BCUT2D eigenvalue weighted by molar-refractivity contribution is -0.221. The Kier molecular flexibility index (Phi) is 13.5. The van der Waals surface area contributed by atoms with E-state index in [1.807, 2.05) is 6.92 Å². The summed E-state index contributed by atoms with van der Waals surface area (Å²) in [5.41, 5.74) is -0.226. The van der Waals surface area contributed by atoms with Crippen LogP contribution in [-0.2, 0) is 27.2 Å². The van der Waals surface area contributed by atoms with Crippen molar-refractivity contribution in [2.75, 3.05) is 0 Å².